The summed E-state index contributed by atoms with van der Waals surface area (Å²) in [5.74, 6) is -1.26. The average molecular weight is 424 g/mol. The summed E-state index contributed by atoms with van der Waals surface area (Å²) >= 11 is 0. The van der Waals surface area contributed by atoms with E-state index in [1.807, 2.05) is 39.2 Å². The quantitative estimate of drug-likeness (QED) is 0.697. The Morgan fingerprint density at radius 1 is 0.968 bits per heavy atom. The highest BCUT2D eigenvalue weighted by molar-refractivity contribution is 6.39. The zero-order chi connectivity index (χ0) is 22.4. The smallest absolute Gasteiger partial charge is 0.313 e. The number of nitrogens with zero attached hydrogens (tertiary/aromatic N) is 3. The molecule has 166 valence electrons. The third-order valence-electron chi connectivity index (χ3n) is 5.83. The summed E-state index contributed by atoms with van der Waals surface area (Å²) in [4.78, 5) is 31.7. The number of rotatable bonds is 6. The van der Waals surface area contributed by atoms with E-state index < -0.39 is 11.8 Å². The van der Waals surface area contributed by atoms with E-state index in [4.69, 9.17) is 0 Å². The van der Waals surface area contributed by atoms with Gasteiger partial charge < -0.3 is 20.4 Å². The van der Waals surface area contributed by atoms with Crippen LogP contribution in [-0.2, 0) is 9.59 Å². The van der Waals surface area contributed by atoms with Crippen molar-refractivity contribution in [2.45, 2.75) is 13.0 Å². The monoisotopic (exact) mass is 423 g/mol. The van der Waals surface area contributed by atoms with Crippen LogP contribution in [0.15, 0.2) is 48.5 Å². The minimum atomic E-state index is -0.644. The summed E-state index contributed by atoms with van der Waals surface area (Å²) in [6, 6.07) is 15.8. The summed E-state index contributed by atoms with van der Waals surface area (Å²) < 4.78 is 0. The van der Waals surface area contributed by atoms with Crippen LogP contribution >= 0.6 is 0 Å². The lowest BCUT2D eigenvalue weighted by molar-refractivity contribution is -0.136. The van der Waals surface area contributed by atoms with Gasteiger partial charge in [0.1, 0.15) is 0 Å². The van der Waals surface area contributed by atoms with Gasteiger partial charge in [0, 0.05) is 58.2 Å². The van der Waals surface area contributed by atoms with E-state index in [-0.39, 0.29) is 6.04 Å². The number of aryl methyl sites for hydroxylation is 1. The van der Waals surface area contributed by atoms with Crippen molar-refractivity contribution in [1.82, 2.24) is 15.1 Å². The van der Waals surface area contributed by atoms with Crippen LogP contribution in [0.4, 0.5) is 11.4 Å². The Kier molecular flexibility index (Phi) is 7.65. The van der Waals surface area contributed by atoms with Gasteiger partial charge in [0.2, 0.25) is 0 Å². The van der Waals surface area contributed by atoms with Gasteiger partial charge in [-0.1, -0.05) is 30.3 Å². The van der Waals surface area contributed by atoms with Crippen LogP contribution in [0, 0.1) is 6.92 Å². The number of piperazine rings is 1. The number of para-hydroxylation sites is 1. The molecule has 1 aliphatic heterocycles. The first kappa shape index (κ1) is 22.8. The number of benzene rings is 2. The first-order chi connectivity index (χ1) is 14.8. The molecule has 31 heavy (non-hydrogen) atoms. The average Bonchev–Trinajstić information content (AvgIpc) is 2.76. The van der Waals surface area contributed by atoms with Crippen molar-refractivity contribution in [3.8, 4) is 0 Å². The second-order valence-electron chi connectivity index (χ2n) is 8.32. The Labute approximate surface area is 185 Å². The fraction of sp³-hybridized carbons (Fsp3) is 0.417. The van der Waals surface area contributed by atoms with Gasteiger partial charge in [-0.05, 0) is 43.3 Å². The van der Waals surface area contributed by atoms with Gasteiger partial charge in [-0.25, -0.2) is 0 Å². The molecule has 0 bridgehead atoms. The Morgan fingerprint density at radius 2 is 1.61 bits per heavy atom. The number of likely N-dealkylation sites (N-methyl/N-ethyl adjacent to an activating group) is 1. The van der Waals surface area contributed by atoms with Crippen molar-refractivity contribution < 1.29 is 9.59 Å². The molecule has 0 aromatic heterocycles. The van der Waals surface area contributed by atoms with Crippen molar-refractivity contribution in [1.29, 1.82) is 0 Å². The number of carbonyl (C=O) groups excluding carboxylic acids is 2. The van der Waals surface area contributed by atoms with Crippen molar-refractivity contribution in [3.63, 3.8) is 0 Å². The van der Waals surface area contributed by atoms with Crippen LogP contribution in [-0.4, -0.2) is 75.5 Å². The van der Waals surface area contributed by atoms with Gasteiger partial charge in [0.05, 0.1) is 6.04 Å². The van der Waals surface area contributed by atoms with E-state index in [1.54, 1.807) is 6.07 Å². The molecule has 1 atom stereocenters. The molecule has 1 saturated heterocycles. The maximum Gasteiger partial charge on any atom is 0.313 e. The second-order valence-corrected chi connectivity index (χ2v) is 8.32. The highest BCUT2D eigenvalue weighted by Gasteiger charge is 2.25. The van der Waals surface area contributed by atoms with Gasteiger partial charge in [0.25, 0.3) is 0 Å². The van der Waals surface area contributed by atoms with E-state index in [0.29, 0.717) is 12.2 Å². The van der Waals surface area contributed by atoms with Gasteiger partial charge in [-0.2, -0.15) is 0 Å². The van der Waals surface area contributed by atoms with Crippen molar-refractivity contribution >= 4 is 23.2 Å². The van der Waals surface area contributed by atoms with Gasteiger partial charge in [0.15, 0.2) is 0 Å². The third-order valence-corrected chi connectivity index (χ3v) is 5.83. The molecule has 2 aromatic carbocycles. The summed E-state index contributed by atoms with van der Waals surface area (Å²) in [7, 11) is 6.15. The molecular weight excluding hydrogens is 390 g/mol. The number of hydrogen-bond acceptors (Lipinski definition) is 5. The molecule has 3 rings (SSSR count). The lowest BCUT2D eigenvalue weighted by Gasteiger charge is -2.38. The second kappa shape index (κ2) is 10.4. The molecular formula is C24H33N5O2. The molecule has 2 aromatic rings. The van der Waals surface area contributed by atoms with Crippen LogP contribution in [0.25, 0.3) is 0 Å². The molecule has 0 radical (unpaired) electrons. The first-order valence-electron chi connectivity index (χ1n) is 10.7. The first-order valence-corrected chi connectivity index (χ1v) is 10.7. The molecule has 0 unspecified atom stereocenters. The predicted octanol–water partition coefficient (Wildman–Crippen LogP) is 2.10. The van der Waals surface area contributed by atoms with Crippen LogP contribution in [0.2, 0.25) is 0 Å². The van der Waals surface area contributed by atoms with Gasteiger partial charge in [-0.3, -0.25) is 14.5 Å². The molecule has 1 fully saturated rings. The number of hydrogen-bond donors (Lipinski definition) is 2. The van der Waals surface area contributed by atoms with Crippen molar-refractivity contribution in [2.75, 3.05) is 64.1 Å². The lowest BCUT2D eigenvalue weighted by Crippen LogP contribution is -2.49. The zero-order valence-corrected chi connectivity index (χ0v) is 18.9. The fourth-order valence-corrected chi connectivity index (χ4v) is 3.75. The van der Waals surface area contributed by atoms with E-state index in [2.05, 4.69) is 56.6 Å². The van der Waals surface area contributed by atoms with Gasteiger partial charge >= 0.3 is 11.8 Å². The summed E-state index contributed by atoms with van der Waals surface area (Å²) in [5, 5.41) is 5.55. The standard InChI is InChI=1S/C24H33N5O2/c1-18-7-5-6-8-21(18)26-24(31)23(30)25-17-22(29-15-13-28(4)14-16-29)19-9-11-20(12-10-19)27(2)3/h5-12,22H,13-17H2,1-4H3,(H,25,30)(H,26,31)/t22-/m0/s1. The molecule has 0 aliphatic carbocycles. The molecule has 7 heteroatoms. The number of amides is 2. The van der Waals surface area contributed by atoms with Crippen LogP contribution < -0.4 is 15.5 Å². The van der Waals surface area contributed by atoms with E-state index in [9.17, 15) is 9.59 Å². The Morgan fingerprint density at radius 3 is 2.23 bits per heavy atom. The molecule has 0 spiro atoms. The van der Waals surface area contributed by atoms with Crippen molar-refractivity contribution in [3.05, 3.63) is 59.7 Å². The molecule has 2 amide bonds. The fourth-order valence-electron chi connectivity index (χ4n) is 3.75. The maximum atomic E-state index is 12.5. The molecule has 2 N–H and O–H groups in total. The Bertz CT molecular complexity index is 889. The highest BCUT2D eigenvalue weighted by Crippen LogP contribution is 2.24. The minimum Gasteiger partial charge on any atom is -0.378 e. The normalized spacial score (nSPS) is 15.9. The number of anilines is 2. The van der Waals surface area contributed by atoms with Crippen LogP contribution in [0.3, 0.4) is 0 Å². The molecule has 1 heterocycles. The SMILES string of the molecule is Cc1ccccc1NC(=O)C(=O)NC[C@@H](c1ccc(N(C)C)cc1)N1CCN(C)CC1. The number of carbonyl (C=O) groups is 2. The lowest BCUT2D eigenvalue weighted by atomic mass is 10.0. The number of nitrogens with one attached hydrogen (secondary N) is 2. The highest BCUT2D eigenvalue weighted by atomic mass is 16.2. The Hall–Kier alpha value is -2.90. The predicted molar refractivity (Wildman–Crippen MR) is 125 cm³/mol. The maximum absolute atomic E-state index is 12.5. The van der Waals surface area contributed by atoms with E-state index >= 15 is 0 Å². The molecule has 0 saturated carbocycles. The third kappa shape index (κ3) is 6.06. The summed E-state index contributed by atoms with van der Waals surface area (Å²) in [6.45, 7) is 6.07. The van der Waals surface area contributed by atoms with Crippen LogP contribution in [0.1, 0.15) is 17.2 Å². The Balaban J connectivity index is 1.68. The van der Waals surface area contributed by atoms with Crippen molar-refractivity contribution in [2.24, 2.45) is 0 Å². The zero-order valence-electron chi connectivity index (χ0n) is 18.9. The molecule has 7 nitrogen and oxygen atoms in total. The summed E-state index contributed by atoms with van der Waals surface area (Å²) in [6.07, 6.45) is 0. The van der Waals surface area contributed by atoms with Crippen LogP contribution in [0.5, 0.6) is 0 Å². The van der Waals surface area contributed by atoms with E-state index in [0.717, 1.165) is 43.0 Å². The topological polar surface area (TPSA) is 67.9 Å². The largest absolute Gasteiger partial charge is 0.378 e. The van der Waals surface area contributed by atoms with E-state index in [1.165, 1.54) is 0 Å². The summed E-state index contributed by atoms with van der Waals surface area (Å²) in [5.41, 5.74) is 3.83. The molecule has 1 aliphatic rings. The minimum absolute atomic E-state index is 0.0140. The van der Waals surface area contributed by atoms with Gasteiger partial charge in [-0.15, -0.1) is 0 Å².